The van der Waals surface area contributed by atoms with E-state index >= 15 is 0 Å². The number of rotatable bonds is 3. The zero-order valence-electron chi connectivity index (χ0n) is 20.6. The molecule has 0 unspecified atom stereocenters. The lowest BCUT2D eigenvalue weighted by atomic mass is 9.87. The van der Waals surface area contributed by atoms with Gasteiger partial charge in [-0.15, -0.1) is 0 Å². The van der Waals surface area contributed by atoms with Crippen LogP contribution in [0.3, 0.4) is 0 Å². The van der Waals surface area contributed by atoms with Gasteiger partial charge in [0, 0.05) is 16.3 Å². The molecular formula is C36H22N2. The number of hydrogen-bond donors (Lipinski definition) is 0. The zero-order chi connectivity index (χ0) is 25.1. The molecule has 8 rings (SSSR count). The van der Waals surface area contributed by atoms with Crippen LogP contribution in [0.1, 0.15) is 0 Å². The van der Waals surface area contributed by atoms with Crippen LogP contribution in [0.4, 0.5) is 0 Å². The SMILES string of the molecule is c1ccc(-c2cc(-c3ccccc3)c3ccc4nc(-c5ccc6ccccc6c5)nc5ccc2c3c54)cc1. The minimum Gasteiger partial charge on any atom is -0.228 e. The number of hydrogen-bond acceptors (Lipinski definition) is 2. The van der Waals surface area contributed by atoms with E-state index in [0.29, 0.717) is 0 Å². The van der Waals surface area contributed by atoms with Gasteiger partial charge in [0.2, 0.25) is 0 Å². The summed E-state index contributed by atoms with van der Waals surface area (Å²) in [5.41, 5.74) is 7.85. The molecule has 0 saturated carbocycles. The summed E-state index contributed by atoms with van der Waals surface area (Å²) in [6.45, 7) is 0. The fraction of sp³-hybridized carbons (Fsp3) is 0. The largest absolute Gasteiger partial charge is 0.228 e. The van der Waals surface area contributed by atoms with Gasteiger partial charge in [0.1, 0.15) is 0 Å². The molecule has 0 aliphatic carbocycles. The zero-order valence-corrected chi connectivity index (χ0v) is 20.6. The first kappa shape index (κ1) is 21.0. The molecule has 8 aromatic rings. The van der Waals surface area contributed by atoms with Crippen LogP contribution in [-0.2, 0) is 0 Å². The highest BCUT2D eigenvalue weighted by Crippen LogP contribution is 2.43. The lowest BCUT2D eigenvalue weighted by Gasteiger charge is -2.18. The highest BCUT2D eigenvalue weighted by molar-refractivity contribution is 6.27. The van der Waals surface area contributed by atoms with Crippen molar-refractivity contribution in [3.05, 3.63) is 133 Å². The molecule has 38 heavy (non-hydrogen) atoms. The van der Waals surface area contributed by atoms with E-state index in [1.165, 1.54) is 49.2 Å². The standard InChI is InChI=1S/C36H22N2/c1-3-10-24(11-4-1)30-22-31(25-12-5-2-6-13-25)29-18-20-33-35-32(19-17-28(30)34(29)35)37-36(38-33)27-16-15-23-9-7-8-14-26(23)21-27/h1-22H. The third kappa shape index (κ3) is 3.21. The smallest absolute Gasteiger partial charge is 0.160 e. The molecule has 0 atom stereocenters. The van der Waals surface area contributed by atoms with Crippen LogP contribution in [0.25, 0.3) is 77.0 Å². The van der Waals surface area contributed by atoms with Crippen molar-refractivity contribution in [2.24, 2.45) is 0 Å². The van der Waals surface area contributed by atoms with E-state index in [9.17, 15) is 0 Å². The normalized spacial score (nSPS) is 11.7. The summed E-state index contributed by atoms with van der Waals surface area (Å²) in [4.78, 5) is 10.2. The van der Waals surface area contributed by atoms with Gasteiger partial charge >= 0.3 is 0 Å². The van der Waals surface area contributed by atoms with Crippen LogP contribution in [-0.4, -0.2) is 9.97 Å². The van der Waals surface area contributed by atoms with Crippen LogP contribution in [0.15, 0.2) is 133 Å². The van der Waals surface area contributed by atoms with Crippen molar-refractivity contribution in [2.75, 3.05) is 0 Å². The first-order chi connectivity index (χ1) is 18.8. The van der Waals surface area contributed by atoms with E-state index in [0.717, 1.165) is 27.8 Å². The molecule has 2 heteroatoms. The van der Waals surface area contributed by atoms with E-state index in [4.69, 9.17) is 9.97 Å². The number of benzene rings is 7. The van der Waals surface area contributed by atoms with E-state index in [2.05, 4.69) is 133 Å². The maximum atomic E-state index is 5.10. The monoisotopic (exact) mass is 482 g/mol. The van der Waals surface area contributed by atoms with E-state index in [1.807, 2.05) is 0 Å². The second-order valence-corrected chi connectivity index (χ2v) is 9.83. The summed E-state index contributed by atoms with van der Waals surface area (Å²) in [5.74, 6) is 0.758. The maximum absolute atomic E-state index is 5.10. The lowest BCUT2D eigenvalue weighted by molar-refractivity contribution is 1.27. The number of fused-ring (bicyclic) bond motifs is 1. The number of nitrogens with zero attached hydrogens (tertiary/aromatic N) is 2. The molecule has 0 amide bonds. The van der Waals surface area contributed by atoms with Crippen LogP contribution in [0.2, 0.25) is 0 Å². The van der Waals surface area contributed by atoms with Gasteiger partial charge in [-0.3, -0.25) is 0 Å². The van der Waals surface area contributed by atoms with Crippen molar-refractivity contribution in [1.29, 1.82) is 0 Å². The van der Waals surface area contributed by atoms with Crippen molar-refractivity contribution in [3.63, 3.8) is 0 Å². The van der Waals surface area contributed by atoms with Gasteiger partial charge in [-0.1, -0.05) is 109 Å². The molecule has 2 nitrogen and oxygen atoms in total. The van der Waals surface area contributed by atoms with Crippen LogP contribution < -0.4 is 0 Å². The van der Waals surface area contributed by atoms with Crippen LogP contribution in [0.5, 0.6) is 0 Å². The van der Waals surface area contributed by atoms with Crippen molar-refractivity contribution >= 4 is 43.4 Å². The van der Waals surface area contributed by atoms with Gasteiger partial charge in [0.15, 0.2) is 5.82 Å². The second-order valence-electron chi connectivity index (χ2n) is 9.83. The summed E-state index contributed by atoms with van der Waals surface area (Å²) in [7, 11) is 0. The predicted octanol–water partition coefficient (Wildman–Crippen LogP) is 9.53. The van der Waals surface area contributed by atoms with Gasteiger partial charge in [-0.25, -0.2) is 9.97 Å². The van der Waals surface area contributed by atoms with E-state index in [-0.39, 0.29) is 0 Å². The molecule has 0 fully saturated rings. The fourth-order valence-corrected chi connectivity index (χ4v) is 5.82. The number of aromatic nitrogens is 2. The molecule has 0 saturated heterocycles. The fourth-order valence-electron chi connectivity index (χ4n) is 5.82. The van der Waals surface area contributed by atoms with E-state index < -0.39 is 0 Å². The van der Waals surface area contributed by atoms with Crippen LogP contribution >= 0.6 is 0 Å². The molecule has 0 radical (unpaired) electrons. The molecule has 0 N–H and O–H groups in total. The molecule has 0 bridgehead atoms. The van der Waals surface area contributed by atoms with Crippen molar-refractivity contribution in [1.82, 2.24) is 9.97 Å². The first-order valence-corrected chi connectivity index (χ1v) is 12.9. The molecular weight excluding hydrogens is 460 g/mol. The Kier molecular flexibility index (Phi) is 4.55. The molecule has 176 valence electrons. The Morgan fingerprint density at radius 1 is 0.368 bits per heavy atom. The highest BCUT2D eigenvalue weighted by atomic mass is 14.9. The van der Waals surface area contributed by atoms with Gasteiger partial charge in [0.05, 0.1) is 11.0 Å². The minimum atomic E-state index is 0.758. The Labute approximate surface area is 220 Å². The summed E-state index contributed by atoms with van der Waals surface area (Å²) >= 11 is 0. The highest BCUT2D eigenvalue weighted by Gasteiger charge is 2.18. The quantitative estimate of drug-likeness (QED) is 0.234. The van der Waals surface area contributed by atoms with Gasteiger partial charge in [-0.2, -0.15) is 0 Å². The second kappa shape index (κ2) is 8.22. The Morgan fingerprint density at radius 2 is 0.921 bits per heavy atom. The van der Waals surface area contributed by atoms with Crippen molar-refractivity contribution in [2.45, 2.75) is 0 Å². The Morgan fingerprint density at radius 3 is 1.53 bits per heavy atom. The molecule has 0 aliphatic heterocycles. The van der Waals surface area contributed by atoms with E-state index in [1.54, 1.807) is 0 Å². The molecule has 0 aliphatic rings. The average molecular weight is 483 g/mol. The van der Waals surface area contributed by atoms with Gasteiger partial charge in [-0.05, 0) is 68.1 Å². The van der Waals surface area contributed by atoms with Gasteiger partial charge < -0.3 is 0 Å². The van der Waals surface area contributed by atoms with Crippen LogP contribution in [0, 0.1) is 0 Å². The van der Waals surface area contributed by atoms with Gasteiger partial charge in [0.25, 0.3) is 0 Å². The summed E-state index contributed by atoms with van der Waals surface area (Å²) in [6, 6.07) is 47.3. The molecule has 1 heterocycles. The summed E-state index contributed by atoms with van der Waals surface area (Å²) in [6.07, 6.45) is 0. The van der Waals surface area contributed by atoms with Crippen molar-refractivity contribution in [3.8, 4) is 33.6 Å². The third-order valence-corrected chi connectivity index (χ3v) is 7.62. The Hall–Kier alpha value is -5.08. The summed E-state index contributed by atoms with van der Waals surface area (Å²) in [5, 5.41) is 7.22. The topological polar surface area (TPSA) is 25.8 Å². The predicted molar refractivity (Wildman–Crippen MR) is 160 cm³/mol. The molecule has 0 spiro atoms. The lowest BCUT2D eigenvalue weighted by Crippen LogP contribution is -1.96. The Bertz CT molecular complexity index is 2010. The maximum Gasteiger partial charge on any atom is 0.160 e. The molecule has 1 aromatic heterocycles. The summed E-state index contributed by atoms with van der Waals surface area (Å²) < 4.78 is 0. The first-order valence-electron chi connectivity index (χ1n) is 12.9. The third-order valence-electron chi connectivity index (χ3n) is 7.62. The Balaban J connectivity index is 1.45. The minimum absolute atomic E-state index is 0.758. The van der Waals surface area contributed by atoms with Crippen molar-refractivity contribution < 1.29 is 0 Å². The molecule has 7 aromatic carbocycles. The average Bonchev–Trinajstić information content (AvgIpc) is 3.00.